The molecule has 7 heteroatoms. The molecule has 1 aliphatic heterocycles. The van der Waals surface area contributed by atoms with Crippen LogP contribution in [0.25, 0.3) is 5.69 Å². The lowest BCUT2D eigenvalue weighted by Crippen LogP contribution is -2.40. The van der Waals surface area contributed by atoms with Gasteiger partial charge in [0.15, 0.2) is 0 Å². The molecule has 2 aromatic rings. The van der Waals surface area contributed by atoms with E-state index < -0.39 is 10.0 Å². The van der Waals surface area contributed by atoms with E-state index in [0.717, 1.165) is 0 Å². The molecule has 3 rings (SSSR count). The van der Waals surface area contributed by atoms with E-state index in [1.165, 1.54) is 4.31 Å². The molecular weight excluding hydrogens is 316 g/mol. The molecule has 1 aromatic carbocycles. The van der Waals surface area contributed by atoms with Crippen LogP contribution in [0.5, 0.6) is 5.75 Å². The lowest BCUT2D eigenvalue weighted by atomic mass is 10.2. The van der Waals surface area contributed by atoms with Crippen LogP contribution >= 0.6 is 0 Å². The van der Waals surface area contributed by atoms with Gasteiger partial charge in [0.25, 0.3) is 0 Å². The topological polar surface area (TPSA) is 60.8 Å². The Morgan fingerprint density at radius 3 is 2.39 bits per heavy atom. The van der Waals surface area contributed by atoms with Crippen LogP contribution in [0, 0.1) is 6.92 Å². The van der Waals surface area contributed by atoms with Gasteiger partial charge in [0.1, 0.15) is 5.75 Å². The Kier molecular flexibility index (Phi) is 4.43. The van der Waals surface area contributed by atoms with E-state index >= 15 is 0 Å². The van der Waals surface area contributed by atoms with E-state index in [1.807, 2.05) is 29.1 Å². The molecule has 23 heavy (non-hydrogen) atoms. The van der Waals surface area contributed by atoms with Crippen molar-refractivity contribution in [3.05, 3.63) is 42.2 Å². The fraction of sp³-hybridized carbons (Fsp3) is 0.375. The van der Waals surface area contributed by atoms with Crippen LogP contribution in [0.15, 0.2) is 41.6 Å². The monoisotopic (exact) mass is 336 g/mol. The van der Waals surface area contributed by atoms with Crippen LogP contribution in [-0.2, 0) is 14.8 Å². The SMILES string of the molecule is COc1cc(C)c(S(=O)(=O)N2CCOCC2)cc1-n1cccc1. The second kappa shape index (κ2) is 6.35. The van der Waals surface area contributed by atoms with Gasteiger partial charge in [-0.25, -0.2) is 8.42 Å². The molecular formula is C16H20N2O4S. The van der Waals surface area contributed by atoms with Crippen LogP contribution in [-0.4, -0.2) is 50.7 Å². The van der Waals surface area contributed by atoms with Crippen molar-refractivity contribution in [3.63, 3.8) is 0 Å². The predicted octanol–water partition coefficient (Wildman–Crippen LogP) is 1.82. The summed E-state index contributed by atoms with van der Waals surface area (Å²) in [5, 5.41) is 0. The minimum absolute atomic E-state index is 0.309. The molecule has 1 aromatic heterocycles. The third kappa shape index (κ3) is 2.99. The van der Waals surface area contributed by atoms with Gasteiger partial charge in [-0.15, -0.1) is 0 Å². The Morgan fingerprint density at radius 2 is 1.78 bits per heavy atom. The summed E-state index contributed by atoms with van der Waals surface area (Å²) in [4.78, 5) is 0.309. The molecule has 0 N–H and O–H groups in total. The number of sulfonamides is 1. The molecule has 0 atom stereocenters. The average molecular weight is 336 g/mol. The summed E-state index contributed by atoms with van der Waals surface area (Å²) >= 11 is 0. The summed E-state index contributed by atoms with van der Waals surface area (Å²) in [6.07, 6.45) is 3.72. The number of benzene rings is 1. The molecule has 1 aliphatic rings. The van der Waals surface area contributed by atoms with Crippen molar-refractivity contribution < 1.29 is 17.9 Å². The Hall–Kier alpha value is -1.83. The molecule has 1 fully saturated rings. The Balaban J connectivity index is 2.10. The predicted molar refractivity (Wildman–Crippen MR) is 86.6 cm³/mol. The summed E-state index contributed by atoms with van der Waals surface area (Å²) in [6, 6.07) is 7.21. The summed E-state index contributed by atoms with van der Waals surface area (Å²) in [7, 11) is -1.97. The van der Waals surface area contributed by atoms with Gasteiger partial charge in [-0.05, 0) is 36.8 Å². The van der Waals surface area contributed by atoms with Gasteiger partial charge in [0.2, 0.25) is 10.0 Å². The molecule has 0 amide bonds. The molecule has 2 heterocycles. The van der Waals surface area contributed by atoms with E-state index in [1.54, 1.807) is 26.2 Å². The largest absolute Gasteiger partial charge is 0.495 e. The van der Waals surface area contributed by atoms with Crippen LogP contribution in [0.1, 0.15) is 5.56 Å². The summed E-state index contributed by atoms with van der Waals surface area (Å²) in [6.45, 7) is 3.41. The molecule has 6 nitrogen and oxygen atoms in total. The van der Waals surface area contributed by atoms with Crippen LogP contribution in [0.2, 0.25) is 0 Å². The van der Waals surface area contributed by atoms with Crippen molar-refractivity contribution in [1.29, 1.82) is 0 Å². The van der Waals surface area contributed by atoms with E-state index in [9.17, 15) is 8.42 Å². The third-order valence-electron chi connectivity index (χ3n) is 3.95. The van der Waals surface area contributed by atoms with Gasteiger partial charge in [0.05, 0.1) is 30.9 Å². The maximum Gasteiger partial charge on any atom is 0.243 e. The van der Waals surface area contributed by atoms with E-state index in [2.05, 4.69) is 0 Å². The standard InChI is InChI=1S/C16H20N2O4S/c1-13-11-15(21-2)14(17-5-3-4-6-17)12-16(13)23(19,20)18-7-9-22-10-8-18/h3-6,11-12H,7-10H2,1-2H3. The maximum atomic E-state index is 12.9. The number of rotatable bonds is 4. The van der Waals surface area contributed by atoms with E-state index in [-0.39, 0.29) is 0 Å². The van der Waals surface area contributed by atoms with Gasteiger partial charge < -0.3 is 14.0 Å². The van der Waals surface area contributed by atoms with Crippen molar-refractivity contribution in [1.82, 2.24) is 8.87 Å². The highest BCUT2D eigenvalue weighted by Gasteiger charge is 2.29. The number of aromatic nitrogens is 1. The molecule has 0 bridgehead atoms. The Morgan fingerprint density at radius 1 is 1.13 bits per heavy atom. The molecule has 0 radical (unpaired) electrons. The first-order valence-electron chi connectivity index (χ1n) is 7.44. The van der Waals surface area contributed by atoms with Crippen molar-refractivity contribution in [2.24, 2.45) is 0 Å². The fourth-order valence-electron chi connectivity index (χ4n) is 2.72. The summed E-state index contributed by atoms with van der Waals surface area (Å²) < 4.78 is 39.9. The van der Waals surface area contributed by atoms with E-state index in [4.69, 9.17) is 9.47 Å². The number of hydrogen-bond acceptors (Lipinski definition) is 4. The van der Waals surface area contributed by atoms with Gasteiger partial charge in [0, 0.05) is 25.5 Å². The minimum atomic E-state index is -3.55. The highest BCUT2D eigenvalue weighted by Crippen LogP contribution is 2.31. The van der Waals surface area contributed by atoms with Crippen LogP contribution in [0.4, 0.5) is 0 Å². The number of aryl methyl sites for hydroxylation is 1. The Bertz CT molecular complexity index is 779. The molecule has 124 valence electrons. The highest BCUT2D eigenvalue weighted by atomic mass is 32.2. The van der Waals surface area contributed by atoms with Crippen molar-refractivity contribution in [2.45, 2.75) is 11.8 Å². The molecule has 1 saturated heterocycles. The summed E-state index contributed by atoms with van der Waals surface area (Å²) in [5.41, 5.74) is 1.37. The molecule has 0 spiro atoms. The smallest absolute Gasteiger partial charge is 0.243 e. The number of morpholine rings is 1. The zero-order chi connectivity index (χ0) is 16.4. The first-order chi connectivity index (χ1) is 11.0. The second-order valence-electron chi connectivity index (χ2n) is 5.40. The molecule has 0 aliphatic carbocycles. The quantitative estimate of drug-likeness (QED) is 0.854. The van der Waals surface area contributed by atoms with Crippen molar-refractivity contribution in [2.75, 3.05) is 33.4 Å². The molecule has 0 unspecified atom stereocenters. The van der Waals surface area contributed by atoms with Crippen molar-refractivity contribution >= 4 is 10.0 Å². The second-order valence-corrected chi connectivity index (χ2v) is 7.30. The summed E-state index contributed by atoms with van der Waals surface area (Å²) in [5.74, 6) is 0.639. The number of hydrogen-bond donors (Lipinski definition) is 0. The average Bonchev–Trinajstić information content (AvgIpc) is 3.09. The van der Waals surface area contributed by atoms with Crippen LogP contribution in [0.3, 0.4) is 0 Å². The fourth-order valence-corrected chi connectivity index (χ4v) is 4.35. The van der Waals surface area contributed by atoms with Gasteiger partial charge in [-0.2, -0.15) is 4.31 Å². The lowest BCUT2D eigenvalue weighted by molar-refractivity contribution is 0.0730. The Labute approximate surface area is 136 Å². The normalized spacial score (nSPS) is 16.4. The number of nitrogens with zero attached hydrogens (tertiary/aromatic N) is 2. The highest BCUT2D eigenvalue weighted by molar-refractivity contribution is 7.89. The van der Waals surface area contributed by atoms with Gasteiger partial charge in [-0.1, -0.05) is 0 Å². The van der Waals surface area contributed by atoms with Crippen LogP contribution < -0.4 is 4.74 Å². The van der Waals surface area contributed by atoms with Crippen molar-refractivity contribution in [3.8, 4) is 11.4 Å². The third-order valence-corrected chi connectivity index (χ3v) is 5.99. The van der Waals surface area contributed by atoms with Gasteiger partial charge >= 0.3 is 0 Å². The zero-order valence-corrected chi connectivity index (χ0v) is 14.0. The lowest BCUT2D eigenvalue weighted by Gasteiger charge is -2.27. The first-order valence-corrected chi connectivity index (χ1v) is 8.88. The van der Waals surface area contributed by atoms with E-state index in [0.29, 0.717) is 48.2 Å². The van der Waals surface area contributed by atoms with Gasteiger partial charge in [-0.3, -0.25) is 0 Å². The number of ether oxygens (including phenoxy) is 2. The maximum absolute atomic E-state index is 12.9. The zero-order valence-electron chi connectivity index (χ0n) is 13.2. The molecule has 0 saturated carbocycles. The number of methoxy groups -OCH3 is 1. The first kappa shape index (κ1) is 16.0. The minimum Gasteiger partial charge on any atom is -0.495 e.